The molecule has 0 aliphatic carbocycles. The Balaban J connectivity index is 0.000000922. The Morgan fingerprint density at radius 3 is 2.29 bits per heavy atom. The van der Waals surface area contributed by atoms with Crippen LogP contribution < -0.4 is 4.57 Å². The fourth-order valence-corrected chi connectivity index (χ4v) is 1.80. The molecule has 0 fully saturated rings. The van der Waals surface area contributed by atoms with Gasteiger partial charge in [-0.15, -0.1) is 0 Å². The van der Waals surface area contributed by atoms with Crippen LogP contribution in [-0.2, 0) is 22.6 Å². The summed E-state index contributed by atoms with van der Waals surface area (Å²) in [5.41, 5.74) is 0.469. The maximum atomic E-state index is 11.1. The van der Waals surface area contributed by atoms with Gasteiger partial charge in [0.1, 0.15) is 12.4 Å². The summed E-state index contributed by atoms with van der Waals surface area (Å²) in [7, 11) is -6.00. The lowest BCUT2D eigenvalue weighted by molar-refractivity contribution is -0.696. The van der Waals surface area contributed by atoms with E-state index in [-0.39, 0.29) is 5.97 Å². The van der Waals surface area contributed by atoms with Crippen LogP contribution in [-0.4, -0.2) is 24.4 Å². The number of hydrogen-bond donors (Lipinski definition) is 0. The van der Waals surface area contributed by atoms with E-state index in [1.165, 1.54) is 0 Å². The van der Waals surface area contributed by atoms with Gasteiger partial charge in [0.15, 0.2) is 0 Å². The van der Waals surface area contributed by atoms with Crippen LogP contribution >= 0.6 is 0 Å². The highest BCUT2D eigenvalue weighted by molar-refractivity contribution is 6.50. The molecule has 0 atom stereocenters. The third kappa shape index (κ3) is 13.8. The lowest BCUT2D eigenvalue weighted by Gasteiger charge is -2.03. The first kappa shape index (κ1) is 22.2. The normalized spacial score (nSPS) is 10.8. The van der Waals surface area contributed by atoms with Crippen molar-refractivity contribution in [1.82, 2.24) is 4.57 Å². The Morgan fingerprint density at radius 2 is 1.79 bits per heavy atom. The molecule has 0 saturated heterocycles. The van der Waals surface area contributed by atoms with Crippen LogP contribution in [0.4, 0.5) is 17.3 Å². The van der Waals surface area contributed by atoms with Gasteiger partial charge in [-0.05, 0) is 39.5 Å². The van der Waals surface area contributed by atoms with E-state index in [1.807, 2.05) is 0 Å². The number of unbranched alkanes of at least 4 members (excludes halogenated alkanes) is 3. The zero-order chi connectivity index (χ0) is 18.6. The van der Waals surface area contributed by atoms with E-state index in [9.17, 15) is 22.1 Å². The van der Waals surface area contributed by atoms with Crippen LogP contribution in [0.1, 0.15) is 39.5 Å². The quantitative estimate of drug-likeness (QED) is 0.169. The van der Waals surface area contributed by atoms with Crippen molar-refractivity contribution < 1.29 is 31.4 Å². The summed E-state index contributed by atoms with van der Waals surface area (Å²) < 4.78 is 48.4. The molecule has 24 heavy (non-hydrogen) atoms. The second-order valence-electron chi connectivity index (χ2n) is 5.31. The maximum absolute atomic E-state index is 11.1. The number of ether oxygens (including phenoxy) is 1. The van der Waals surface area contributed by atoms with Gasteiger partial charge >= 0.3 is 13.2 Å². The topological polar surface area (TPSA) is 35.1 Å². The second-order valence-corrected chi connectivity index (χ2v) is 5.31. The van der Waals surface area contributed by atoms with Gasteiger partial charge < -0.3 is 22.0 Å². The summed E-state index contributed by atoms with van der Waals surface area (Å²) in [5.74, 6) is -0.281. The summed E-state index contributed by atoms with van der Waals surface area (Å²) in [5, 5.41) is 0. The number of imidazole rings is 1. The molecular weight excluding hydrogens is 327 g/mol. The van der Waals surface area contributed by atoms with E-state index < -0.39 is 7.25 Å². The smallest absolute Gasteiger partial charge is 0.462 e. The maximum Gasteiger partial charge on any atom is 0.673 e. The third-order valence-corrected chi connectivity index (χ3v) is 3.00. The van der Waals surface area contributed by atoms with Gasteiger partial charge in [0, 0.05) is 5.57 Å². The second kappa shape index (κ2) is 11.7. The number of hydrogen-bond acceptors (Lipinski definition) is 2. The Kier molecular flexibility index (Phi) is 10.8. The predicted molar refractivity (Wildman–Crippen MR) is 84.7 cm³/mol. The molecule has 138 valence electrons. The molecule has 1 heterocycles. The van der Waals surface area contributed by atoms with Gasteiger partial charge in [-0.25, -0.2) is 13.9 Å². The van der Waals surface area contributed by atoms with Gasteiger partial charge in [-0.2, -0.15) is 0 Å². The number of nitrogens with zero attached hydrogens (tertiary/aromatic N) is 2. The van der Waals surface area contributed by atoms with Crippen LogP contribution in [0.15, 0.2) is 30.9 Å². The molecule has 0 spiro atoms. The van der Waals surface area contributed by atoms with Gasteiger partial charge in [-0.1, -0.05) is 6.58 Å². The molecule has 4 nitrogen and oxygen atoms in total. The van der Waals surface area contributed by atoms with Crippen molar-refractivity contribution in [1.29, 1.82) is 0 Å². The average molecular weight is 352 g/mol. The van der Waals surface area contributed by atoms with Crippen molar-refractivity contribution in [2.75, 3.05) is 6.61 Å². The number of carbonyl (C=O) groups is 1. The standard InChI is InChI=1S/C15H25N2O2.BF4/c1-4-16-10-11-17(13-16)9-7-5-6-8-12-19-15(18)14(2)3;2-1(3,4)5/h10-11,13H,2,4-9,12H2,1,3H3;/q+1;-1. The highest BCUT2D eigenvalue weighted by Crippen LogP contribution is 2.06. The Bertz CT molecular complexity index is 498. The molecule has 1 rings (SSSR count). The minimum Gasteiger partial charge on any atom is -0.462 e. The predicted octanol–water partition coefficient (Wildman–Crippen LogP) is 3.78. The summed E-state index contributed by atoms with van der Waals surface area (Å²) >= 11 is 0. The minimum atomic E-state index is -6.00. The van der Waals surface area contributed by atoms with Crippen molar-refractivity contribution >= 4 is 13.2 Å². The molecule has 0 aliphatic rings. The van der Waals surface area contributed by atoms with Crippen LogP contribution in [0.25, 0.3) is 0 Å². The molecule has 0 N–H and O–H groups in total. The third-order valence-electron chi connectivity index (χ3n) is 3.00. The highest BCUT2D eigenvalue weighted by Gasteiger charge is 2.20. The van der Waals surface area contributed by atoms with Crippen molar-refractivity contribution in [2.45, 2.75) is 52.6 Å². The molecule has 0 bridgehead atoms. The number of halogens is 4. The molecule has 0 unspecified atom stereocenters. The monoisotopic (exact) mass is 352 g/mol. The number of carbonyl (C=O) groups excluding carboxylic acids is 1. The Morgan fingerprint density at radius 1 is 1.21 bits per heavy atom. The van der Waals surface area contributed by atoms with Crippen LogP contribution in [0.3, 0.4) is 0 Å². The van der Waals surface area contributed by atoms with Gasteiger partial charge in [0.2, 0.25) is 6.33 Å². The Labute approximate surface area is 140 Å². The van der Waals surface area contributed by atoms with E-state index >= 15 is 0 Å². The first-order valence-corrected chi connectivity index (χ1v) is 7.88. The molecule has 0 saturated carbocycles. The van der Waals surface area contributed by atoms with Crippen molar-refractivity contribution in [2.24, 2.45) is 0 Å². The minimum absolute atomic E-state index is 0.281. The number of rotatable bonds is 9. The summed E-state index contributed by atoms with van der Waals surface area (Å²) in [6, 6.07) is 0. The average Bonchev–Trinajstić information content (AvgIpc) is 2.92. The van der Waals surface area contributed by atoms with E-state index in [0.29, 0.717) is 12.2 Å². The Hall–Kier alpha value is -1.80. The molecule has 0 aromatic carbocycles. The number of aromatic nitrogens is 2. The molecule has 9 heteroatoms. The van der Waals surface area contributed by atoms with E-state index in [1.54, 1.807) is 6.92 Å². The molecular formula is C15H25BF4N2O2. The van der Waals surface area contributed by atoms with Gasteiger partial charge in [-0.3, -0.25) is 0 Å². The highest BCUT2D eigenvalue weighted by atomic mass is 19.5. The van der Waals surface area contributed by atoms with Gasteiger partial charge in [0.05, 0.1) is 19.7 Å². The molecule has 1 aromatic heterocycles. The molecule has 0 radical (unpaired) electrons. The fourth-order valence-electron chi connectivity index (χ4n) is 1.80. The zero-order valence-corrected chi connectivity index (χ0v) is 14.2. The van der Waals surface area contributed by atoms with Gasteiger partial charge in [0.25, 0.3) is 0 Å². The lowest BCUT2D eigenvalue weighted by atomic mass is 10.2. The SMILES string of the molecule is C=C(C)C(=O)OCCCCCC[n+]1ccn(CC)c1.F[B-](F)(F)F. The largest absolute Gasteiger partial charge is 0.673 e. The van der Waals surface area contributed by atoms with Crippen molar-refractivity contribution in [3.05, 3.63) is 30.9 Å². The van der Waals surface area contributed by atoms with Crippen LogP contribution in [0.2, 0.25) is 0 Å². The fraction of sp³-hybridized carbons (Fsp3) is 0.600. The van der Waals surface area contributed by atoms with Crippen LogP contribution in [0.5, 0.6) is 0 Å². The number of esters is 1. The van der Waals surface area contributed by atoms with E-state index in [0.717, 1.165) is 38.8 Å². The van der Waals surface area contributed by atoms with Crippen LogP contribution in [0, 0.1) is 0 Å². The van der Waals surface area contributed by atoms with E-state index in [4.69, 9.17) is 4.74 Å². The summed E-state index contributed by atoms with van der Waals surface area (Å²) in [4.78, 5) is 11.1. The molecule has 1 aromatic rings. The first-order valence-electron chi connectivity index (χ1n) is 7.88. The molecule has 0 amide bonds. The number of aryl methyl sites for hydroxylation is 2. The first-order chi connectivity index (χ1) is 11.1. The lowest BCUT2D eigenvalue weighted by Crippen LogP contribution is -2.30. The van der Waals surface area contributed by atoms with Crippen molar-refractivity contribution in [3.63, 3.8) is 0 Å². The summed E-state index contributed by atoms with van der Waals surface area (Å²) in [6.07, 6.45) is 10.7. The zero-order valence-electron chi connectivity index (χ0n) is 14.2. The summed E-state index contributed by atoms with van der Waals surface area (Å²) in [6.45, 7) is 9.92. The van der Waals surface area contributed by atoms with E-state index in [2.05, 4.69) is 41.4 Å². The molecule has 0 aliphatic heterocycles. The van der Waals surface area contributed by atoms with Crippen molar-refractivity contribution in [3.8, 4) is 0 Å².